The average Bonchev–Trinajstić information content (AvgIpc) is 3.15. The number of carboxylic acids is 1. The summed E-state index contributed by atoms with van der Waals surface area (Å²) in [5, 5.41) is 15.2. The zero-order valence-corrected chi connectivity index (χ0v) is 15.2. The summed E-state index contributed by atoms with van der Waals surface area (Å²) < 4.78 is 1.67. The van der Waals surface area contributed by atoms with Crippen LogP contribution < -0.4 is 0 Å². The quantitative estimate of drug-likeness (QED) is 0.511. The van der Waals surface area contributed by atoms with Gasteiger partial charge in [-0.15, -0.1) is 0 Å². The van der Waals surface area contributed by atoms with Gasteiger partial charge in [-0.25, -0.2) is 19.3 Å². The molecule has 0 aliphatic rings. The second-order valence-electron chi connectivity index (χ2n) is 6.66. The van der Waals surface area contributed by atoms with Crippen LogP contribution in [0.15, 0.2) is 73.2 Å². The molecule has 0 unspecified atom stereocenters. The molecular formula is C22H15N5O2. The normalized spacial score (nSPS) is 11.2. The minimum Gasteiger partial charge on any atom is -0.478 e. The van der Waals surface area contributed by atoms with Crippen LogP contribution >= 0.6 is 0 Å². The third-order valence-electron chi connectivity index (χ3n) is 4.79. The van der Waals surface area contributed by atoms with E-state index >= 15 is 0 Å². The van der Waals surface area contributed by atoms with Crippen LogP contribution in [0, 0.1) is 0 Å². The summed E-state index contributed by atoms with van der Waals surface area (Å²) in [6.45, 7) is 0. The fourth-order valence-electron chi connectivity index (χ4n) is 3.40. The minimum atomic E-state index is -1.00. The van der Waals surface area contributed by atoms with Crippen molar-refractivity contribution in [2.24, 2.45) is 0 Å². The first-order chi connectivity index (χ1) is 14.2. The number of aromatic nitrogens is 5. The lowest BCUT2D eigenvalue weighted by molar-refractivity contribution is 0.0697. The molecule has 3 aromatic heterocycles. The number of hydrogen-bond donors (Lipinski definition) is 1. The van der Waals surface area contributed by atoms with E-state index in [1.165, 1.54) is 0 Å². The lowest BCUT2D eigenvalue weighted by Crippen LogP contribution is -2.05. The van der Waals surface area contributed by atoms with Gasteiger partial charge in [0.15, 0.2) is 0 Å². The number of benzene rings is 2. The molecule has 5 rings (SSSR count). The standard InChI is InChI=1S/C22H15N5O2/c28-21(29)18-6-2-1-5-17(18)20-13-25-22-24-12-16(27(22)26-20)11-14-7-8-19-15(10-14)4-3-9-23-19/h1-10,12-13H,11H2,(H,28,29). The molecule has 7 heteroatoms. The van der Waals surface area contributed by atoms with Gasteiger partial charge in [-0.3, -0.25) is 4.98 Å². The molecule has 0 radical (unpaired) electrons. The molecule has 29 heavy (non-hydrogen) atoms. The second-order valence-corrected chi connectivity index (χ2v) is 6.66. The van der Waals surface area contributed by atoms with Gasteiger partial charge in [-0.2, -0.15) is 5.10 Å². The highest BCUT2D eigenvalue weighted by molar-refractivity contribution is 5.95. The smallest absolute Gasteiger partial charge is 0.336 e. The molecule has 3 heterocycles. The Morgan fingerprint density at radius 3 is 2.72 bits per heavy atom. The summed E-state index contributed by atoms with van der Waals surface area (Å²) in [4.78, 5) is 24.6. The van der Waals surface area contributed by atoms with Gasteiger partial charge in [0.1, 0.15) is 5.69 Å². The summed E-state index contributed by atoms with van der Waals surface area (Å²) in [5.74, 6) is -0.530. The molecule has 2 aromatic carbocycles. The van der Waals surface area contributed by atoms with Crippen molar-refractivity contribution in [2.45, 2.75) is 6.42 Å². The lowest BCUT2D eigenvalue weighted by atomic mass is 10.1. The van der Waals surface area contributed by atoms with Crippen LogP contribution in [0.4, 0.5) is 0 Å². The highest BCUT2D eigenvalue weighted by atomic mass is 16.4. The van der Waals surface area contributed by atoms with E-state index in [2.05, 4.69) is 26.1 Å². The van der Waals surface area contributed by atoms with Crippen LogP contribution in [0.25, 0.3) is 27.9 Å². The Bertz CT molecular complexity index is 1380. The number of rotatable bonds is 4. The van der Waals surface area contributed by atoms with Gasteiger partial charge in [-0.1, -0.05) is 30.3 Å². The maximum atomic E-state index is 11.6. The topological polar surface area (TPSA) is 93.3 Å². The second kappa shape index (κ2) is 6.79. The monoisotopic (exact) mass is 381 g/mol. The van der Waals surface area contributed by atoms with E-state index in [9.17, 15) is 9.90 Å². The van der Waals surface area contributed by atoms with E-state index in [-0.39, 0.29) is 5.56 Å². The van der Waals surface area contributed by atoms with Crippen molar-refractivity contribution in [3.8, 4) is 11.3 Å². The first-order valence-electron chi connectivity index (χ1n) is 9.05. The highest BCUT2D eigenvalue weighted by Gasteiger charge is 2.14. The summed E-state index contributed by atoms with van der Waals surface area (Å²) in [6, 6.07) is 16.8. The van der Waals surface area contributed by atoms with Crippen molar-refractivity contribution in [2.75, 3.05) is 0 Å². The Morgan fingerprint density at radius 2 is 1.83 bits per heavy atom. The van der Waals surface area contributed by atoms with Gasteiger partial charge in [0, 0.05) is 23.6 Å². The summed E-state index contributed by atoms with van der Waals surface area (Å²) in [5.41, 5.74) is 4.10. The fraction of sp³-hybridized carbons (Fsp3) is 0.0455. The van der Waals surface area contributed by atoms with Crippen LogP contribution in [0.3, 0.4) is 0 Å². The zero-order valence-electron chi connectivity index (χ0n) is 15.2. The molecule has 7 nitrogen and oxygen atoms in total. The number of imidazole rings is 1. The van der Waals surface area contributed by atoms with E-state index in [1.807, 2.05) is 24.3 Å². The van der Waals surface area contributed by atoms with Crippen molar-refractivity contribution in [1.29, 1.82) is 0 Å². The molecule has 0 saturated carbocycles. The van der Waals surface area contributed by atoms with Crippen molar-refractivity contribution in [1.82, 2.24) is 24.6 Å². The molecule has 0 spiro atoms. The molecule has 0 aliphatic heterocycles. The van der Waals surface area contributed by atoms with Crippen LogP contribution in [-0.2, 0) is 6.42 Å². The SMILES string of the molecule is O=C(O)c1ccccc1-c1cnc2ncc(Cc3ccc4ncccc4c3)n2n1. The molecule has 0 bridgehead atoms. The van der Waals surface area contributed by atoms with Gasteiger partial charge < -0.3 is 5.11 Å². The van der Waals surface area contributed by atoms with Gasteiger partial charge in [0.25, 0.3) is 5.78 Å². The first kappa shape index (κ1) is 17.0. The number of carboxylic acid groups (broad SMARTS) is 1. The van der Waals surface area contributed by atoms with Crippen LogP contribution in [0.5, 0.6) is 0 Å². The lowest BCUT2D eigenvalue weighted by Gasteiger charge is -2.07. The molecule has 1 N–H and O–H groups in total. The van der Waals surface area contributed by atoms with Crippen LogP contribution in [0.2, 0.25) is 0 Å². The fourth-order valence-corrected chi connectivity index (χ4v) is 3.40. The predicted octanol–water partition coefficient (Wildman–Crippen LogP) is 3.63. The molecule has 0 amide bonds. The van der Waals surface area contributed by atoms with E-state index < -0.39 is 5.97 Å². The average molecular weight is 381 g/mol. The summed E-state index contributed by atoms with van der Waals surface area (Å²) in [7, 11) is 0. The minimum absolute atomic E-state index is 0.185. The van der Waals surface area contributed by atoms with E-state index in [4.69, 9.17) is 0 Å². The number of carbonyl (C=O) groups is 1. The van der Waals surface area contributed by atoms with Gasteiger partial charge in [-0.05, 0) is 29.8 Å². The van der Waals surface area contributed by atoms with E-state index in [1.54, 1.807) is 47.4 Å². The third-order valence-corrected chi connectivity index (χ3v) is 4.79. The van der Waals surface area contributed by atoms with Gasteiger partial charge in [0.2, 0.25) is 0 Å². The summed E-state index contributed by atoms with van der Waals surface area (Å²) in [6.07, 6.45) is 5.69. The molecule has 0 fully saturated rings. The van der Waals surface area contributed by atoms with Crippen LogP contribution in [-0.4, -0.2) is 35.6 Å². The molecular weight excluding hydrogens is 366 g/mol. The van der Waals surface area contributed by atoms with E-state index in [0.29, 0.717) is 23.5 Å². The van der Waals surface area contributed by atoms with E-state index in [0.717, 1.165) is 22.2 Å². The Kier molecular flexibility index (Phi) is 3.98. The first-order valence-corrected chi connectivity index (χ1v) is 9.05. The van der Waals surface area contributed by atoms with Crippen molar-refractivity contribution >= 4 is 22.6 Å². The number of fused-ring (bicyclic) bond motifs is 2. The van der Waals surface area contributed by atoms with Gasteiger partial charge >= 0.3 is 5.97 Å². The van der Waals surface area contributed by atoms with Crippen molar-refractivity contribution < 1.29 is 9.90 Å². The molecule has 0 aliphatic carbocycles. The molecule has 0 atom stereocenters. The largest absolute Gasteiger partial charge is 0.478 e. The maximum absolute atomic E-state index is 11.6. The molecule has 140 valence electrons. The molecule has 0 saturated heterocycles. The third kappa shape index (κ3) is 3.08. The van der Waals surface area contributed by atoms with Gasteiger partial charge in [0.05, 0.1) is 29.2 Å². The highest BCUT2D eigenvalue weighted by Crippen LogP contribution is 2.22. The Morgan fingerprint density at radius 1 is 0.966 bits per heavy atom. The van der Waals surface area contributed by atoms with Crippen LogP contribution in [0.1, 0.15) is 21.6 Å². The number of nitrogens with zero attached hydrogens (tertiary/aromatic N) is 5. The van der Waals surface area contributed by atoms with Crippen molar-refractivity contribution in [3.05, 3.63) is 90.0 Å². The number of pyridine rings is 1. The maximum Gasteiger partial charge on any atom is 0.336 e. The number of hydrogen-bond acceptors (Lipinski definition) is 5. The molecule has 5 aromatic rings. The predicted molar refractivity (Wildman–Crippen MR) is 108 cm³/mol. The Hall–Kier alpha value is -4.13. The van der Waals surface area contributed by atoms with Crippen molar-refractivity contribution in [3.63, 3.8) is 0 Å². The Balaban J connectivity index is 1.57. The number of aromatic carboxylic acids is 1. The summed E-state index contributed by atoms with van der Waals surface area (Å²) >= 11 is 0. The Labute approximate surface area is 165 Å². The zero-order chi connectivity index (χ0) is 19.8.